The van der Waals surface area contributed by atoms with E-state index in [0.717, 1.165) is 23.4 Å². The van der Waals surface area contributed by atoms with Gasteiger partial charge in [-0.05, 0) is 30.3 Å². The maximum absolute atomic E-state index is 14.0. The van der Waals surface area contributed by atoms with Crippen molar-refractivity contribution in [2.75, 3.05) is 21.3 Å². The number of amides is 1. The Labute approximate surface area is 148 Å². The van der Waals surface area contributed by atoms with Crippen molar-refractivity contribution >= 4 is 18.1 Å². The van der Waals surface area contributed by atoms with Gasteiger partial charge in [-0.3, -0.25) is 4.79 Å². The van der Waals surface area contributed by atoms with Gasteiger partial charge in [0.25, 0.3) is 5.91 Å². The third-order valence-corrected chi connectivity index (χ3v) is 3.49. The molecule has 8 heteroatoms. The van der Waals surface area contributed by atoms with Crippen LogP contribution in [-0.2, 0) is 4.74 Å². The second kappa shape index (κ2) is 8.19. The Kier molecular flexibility index (Phi) is 6.00. The number of esters is 1. The molecule has 0 aliphatic carbocycles. The molecule has 2 aromatic rings. The molecule has 136 valence electrons. The smallest absolute Gasteiger partial charge is 0.337 e. The molecule has 0 aromatic heterocycles. The summed E-state index contributed by atoms with van der Waals surface area (Å²) in [6.45, 7) is 0. The molecule has 0 unspecified atom stereocenters. The molecule has 0 aliphatic rings. The van der Waals surface area contributed by atoms with Crippen molar-refractivity contribution in [2.24, 2.45) is 5.10 Å². The van der Waals surface area contributed by atoms with E-state index < -0.39 is 23.5 Å². The maximum atomic E-state index is 14.0. The maximum Gasteiger partial charge on any atom is 0.337 e. The number of hydrogen-bond acceptors (Lipinski definition) is 5. The van der Waals surface area contributed by atoms with Crippen molar-refractivity contribution in [2.45, 2.75) is 0 Å². The number of hydrogen-bond donors (Lipinski definition) is 0. The van der Waals surface area contributed by atoms with E-state index in [9.17, 15) is 18.4 Å². The molecular weight excluding hydrogens is 346 g/mol. The van der Waals surface area contributed by atoms with Gasteiger partial charge in [0.05, 0.1) is 31.6 Å². The van der Waals surface area contributed by atoms with Gasteiger partial charge in [0.1, 0.15) is 17.4 Å². The first-order chi connectivity index (χ1) is 12.4. The first kappa shape index (κ1) is 19.0. The molecule has 2 aromatic carbocycles. The molecule has 0 saturated carbocycles. The summed E-state index contributed by atoms with van der Waals surface area (Å²) in [5.74, 6) is -2.58. The zero-order valence-corrected chi connectivity index (χ0v) is 14.3. The minimum absolute atomic E-state index is 0.0480. The third kappa shape index (κ3) is 4.21. The Morgan fingerprint density at radius 2 is 1.81 bits per heavy atom. The quantitative estimate of drug-likeness (QED) is 0.466. The van der Waals surface area contributed by atoms with Crippen molar-refractivity contribution in [3.8, 4) is 5.75 Å². The van der Waals surface area contributed by atoms with E-state index in [2.05, 4.69) is 9.84 Å². The minimum atomic E-state index is -0.759. The Hall–Kier alpha value is -3.29. The molecule has 1 amide bonds. The molecule has 0 spiro atoms. The number of benzene rings is 2. The topological polar surface area (TPSA) is 68.2 Å². The summed E-state index contributed by atoms with van der Waals surface area (Å²) in [6.07, 6.45) is 1.09. The summed E-state index contributed by atoms with van der Waals surface area (Å²) in [7, 11) is 3.88. The zero-order valence-electron chi connectivity index (χ0n) is 14.3. The van der Waals surface area contributed by atoms with Crippen LogP contribution in [0, 0.1) is 11.6 Å². The van der Waals surface area contributed by atoms with E-state index in [0.29, 0.717) is 0 Å². The highest BCUT2D eigenvalue weighted by Crippen LogP contribution is 2.17. The first-order valence-corrected chi connectivity index (χ1v) is 7.40. The highest BCUT2D eigenvalue weighted by atomic mass is 19.1. The number of carbonyl (C=O) groups excluding carboxylic acids is 2. The summed E-state index contributed by atoms with van der Waals surface area (Å²) in [5, 5.41) is 4.69. The van der Waals surface area contributed by atoms with Gasteiger partial charge in [-0.1, -0.05) is 0 Å². The summed E-state index contributed by atoms with van der Waals surface area (Å²) in [4.78, 5) is 23.6. The van der Waals surface area contributed by atoms with Crippen LogP contribution in [0.1, 0.15) is 26.3 Å². The average Bonchev–Trinajstić information content (AvgIpc) is 2.65. The molecule has 0 saturated heterocycles. The second-order valence-corrected chi connectivity index (χ2v) is 5.15. The highest BCUT2D eigenvalue weighted by Gasteiger charge is 2.16. The van der Waals surface area contributed by atoms with Crippen LogP contribution in [0.3, 0.4) is 0 Å². The van der Waals surface area contributed by atoms with E-state index in [1.54, 1.807) is 0 Å². The lowest BCUT2D eigenvalue weighted by atomic mass is 10.1. The number of ether oxygens (including phenoxy) is 2. The van der Waals surface area contributed by atoms with Gasteiger partial charge in [-0.15, -0.1) is 0 Å². The average molecular weight is 362 g/mol. The monoisotopic (exact) mass is 362 g/mol. The van der Waals surface area contributed by atoms with Gasteiger partial charge < -0.3 is 9.47 Å². The normalized spacial score (nSPS) is 10.7. The first-order valence-electron chi connectivity index (χ1n) is 7.40. The van der Waals surface area contributed by atoms with Crippen LogP contribution in [0.15, 0.2) is 41.5 Å². The fraction of sp³-hybridized carbons (Fsp3) is 0.167. The van der Waals surface area contributed by atoms with Crippen molar-refractivity contribution in [1.29, 1.82) is 0 Å². The molecule has 0 heterocycles. The summed E-state index contributed by atoms with van der Waals surface area (Å²) >= 11 is 0. The van der Waals surface area contributed by atoms with E-state index in [4.69, 9.17) is 4.74 Å². The van der Waals surface area contributed by atoms with Gasteiger partial charge in [-0.2, -0.15) is 5.10 Å². The van der Waals surface area contributed by atoms with Crippen LogP contribution < -0.4 is 4.74 Å². The third-order valence-electron chi connectivity index (χ3n) is 3.49. The Morgan fingerprint density at radius 3 is 2.38 bits per heavy atom. The van der Waals surface area contributed by atoms with Crippen molar-refractivity contribution in [1.82, 2.24) is 5.01 Å². The Bertz CT molecular complexity index is 868. The lowest BCUT2D eigenvalue weighted by Crippen LogP contribution is -2.22. The van der Waals surface area contributed by atoms with Crippen LogP contribution >= 0.6 is 0 Å². The molecule has 0 bridgehead atoms. The van der Waals surface area contributed by atoms with E-state index in [-0.39, 0.29) is 22.4 Å². The van der Waals surface area contributed by atoms with Crippen LogP contribution in [0.25, 0.3) is 0 Å². The Morgan fingerprint density at radius 1 is 1.08 bits per heavy atom. The van der Waals surface area contributed by atoms with Crippen LogP contribution in [0.5, 0.6) is 5.75 Å². The largest absolute Gasteiger partial charge is 0.497 e. The standard InChI is InChI=1S/C18H16F2N2O4/c1-22(17(23)14-7-6-13(25-2)9-16(14)20)21-10-12-5-4-11(8-15(12)19)18(24)26-3/h4-10H,1-3H3/b21-10+. The molecule has 0 atom stereocenters. The molecular formula is C18H16F2N2O4. The number of rotatable bonds is 5. The number of nitrogens with zero attached hydrogens (tertiary/aromatic N) is 2. The van der Waals surface area contributed by atoms with Gasteiger partial charge in [0, 0.05) is 18.7 Å². The second-order valence-electron chi connectivity index (χ2n) is 5.15. The summed E-state index contributed by atoms with van der Waals surface area (Å²) in [5.41, 5.74) is -0.105. The lowest BCUT2D eigenvalue weighted by molar-refractivity contribution is 0.0600. The molecule has 6 nitrogen and oxygen atoms in total. The highest BCUT2D eigenvalue weighted by molar-refractivity contribution is 5.95. The van der Waals surface area contributed by atoms with Gasteiger partial charge in [0.2, 0.25) is 0 Å². The van der Waals surface area contributed by atoms with Gasteiger partial charge in [-0.25, -0.2) is 18.6 Å². The SMILES string of the molecule is COC(=O)c1ccc(/C=N/N(C)C(=O)c2ccc(OC)cc2F)c(F)c1. The predicted octanol–water partition coefficient (Wildman–Crippen LogP) is 2.87. The number of hydrazone groups is 1. The molecule has 0 aliphatic heterocycles. The Balaban J connectivity index is 2.17. The van der Waals surface area contributed by atoms with Crippen molar-refractivity contribution in [3.63, 3.8) is 0 Å². The van der Waals surface area contributed by atoms with Crippen LogP contribution in [0.4, 0.5) is 8.78 Å². The van der Waals surface area contributed by atoms with Gasteiger partial charge >= 0.3 is 5.97 Å². The lowest BCUT2D eigenvalue weighted by Gasteiger charge is -2.12. The van der Waals surface area contributed by atoms with Crippen LogP contribution in [0.2, 0.25) is 0 Å². The van der Waals surface area contributed by atoms with Crippen molar-refractivity contribution < 1.29 is 27.8 Å². The molecule has 0 N–H and O–H groups in total. The summed E-state index contributed by atoms with van der Waals surface area (Å²) < 4.78 is 37.3. The fourth-order valence-electron chi connectivity index (χ4n) is 2.05. The van der Waals surface area contributed by atoms with Gasteiger partial charge in [0.15, 0.2) is 0 Å². The molecule has 0 radical (unpaired) electrons. The number of methoxy groups -OCH3 is 2. The van der Waals surface area contributed by atoms with E-state index in [1.165, 1.54) is 45.5 Å². The van der Waals surface area contributed by atoms with Crippen molar-refractivity contribution in [3.05, 3.63) is 64.7 Å². The predicted molar refractivity (Wildman–Crippen MR) is 90.4 cm³/mol. The fourth-order valence-corrected chi connectivity index (χ4v) is 2.05. The minimum Gasteiger partial charge on any atom is -0.497 e. The van der Waals surface area contributed by atoms with E-state index >= 15 is 0 Å². The summed E-state index contributed by atoms with van der Waals surface area (Å²) in [6, 6.07) is 7.47. The zero-order chi connectivity index (χ0) is 19.3. The van der Waals surface area contributed by atoms with Crippen LogP contribution in [-0.4, -0.2) is 44.4 Å². The molecule has 2 rings (SSSR count). The molecule has 0 fully saturated rings. The van der Waals surface area contributed by atoms with E-state index in [1.807, 2.05) is 0 Å². The number of halogens is 2. The molecule has 26 heavy (non-hydrogen) atoms. The number of carbonyl (C=O) groups is 2.